The molecule has 29 heavy (non-hydrogen) atoms. The summed E-state index contributed by atoms with van der Waals surface area (Å²) < 4.78 is 10.8. The van der Waals surface area contributed by atoms with Gasteiger partial charge in [-0.15, -0.1) is 6.42 Å². The van der Waals surface area contributed by atoms with E-state index in [4.69, 9.17) is 15.9 Å². The largest absolute Gasteiger partial charge is 0.497 e. The van der Waals surface area contributed by atoms with Gasteiger partial charge in [-0.3, -0.25) is 9.69 Å². The van der Waals surface area contributed by atoms with Crippen LogP contribution in [0.2, 0.25) is 0 Å². The number of rotatable bonds is 8. The number of nitrogens with one attached hydrogen (secondary N) is 1. The van der Waals surface area contributed by atoms with Crippen LogP contribution in [0, 0.1) is 12.3 Å². The third-order valence-corrected chi connectivity index (χ3v) is 5.46. The summed E-state index contributed by atoms with van der Waals surface area (Å²) in [4.78, 5) is 14.9. The number of terminal acetylenes is 1. The van der Waals surface area contributed by atoms with Gasteiger partial charge >= 0.3 is 0 Å². The molecule has 3 rings (SSSR count). The van der Waals surface area contributed by atoms with E-state index in [1.807, 2.05) is 31.2 Å². The average Bonchev–Trinajstić information content (AvgIpc) is 3.17. The summed E-state index contributed by atoms with van der Waals surface area (Å²) in [6, 6.07) is 13.9. The lowest BCUT2D eigenvalue weighted by Gasteiger charge is -2.28. The van der Waals surface area contributed by atoms with E-state index in [0.717, 1.165) is 24.2 Å². The van der Waals surface area contributed by atoms with Crippen LogP contribution in [0.15, 0.2) is 42.5 Å². The Morgan fingerprint density at radius 2 is 2.07 bits per heavy atom. The first kappa shape index (κ1) is 20.8. The van der Waals surface area contributed by atoms with Gasteiger partial charge in [-0.1, -0.05) is 30.2 Å². The summed E-state index contributed by atoms with van der Waals surface area (Å²) in [5.74, 6) is 4.07. The monoisotopic (exact) mass is 392 g/mol. The van der Waals surface area contributed by atoms with Crippen molar-refractivity contribution >= 4 is 5.91 Å². The van der Waals surface area contributed by atoms with Gasteiger partial charge in [0.05, 0.1) is 33.4 Å². The third kappa shape index (κ3) is 4.72. The van der Waals surface area contributed by atoms with Crippen LogP contribution in [-0.4, -0.2) is 38.1 Å². The molecule has 1 amide bonds. The number of carbonyl (C=O) groups excluding carboxylic acids is 1. The maximum atomic E-state index is 12.8. The van der Waals surface area contributed by atoms with E-state index in [2.05, 4.69) is 34.3 Å². The molecule has 0 fully saturated rings. The Kier molecular flexibility index (Phi) is 6.79. The molecule has 2 aromatic rings. The lowest BCUT2D eigenvalue weighted by atomic mass is 10.1. The number of carbonyl (C=O) groups is 1. The standard InChI is InChI=1S/C24H28N2O3/c1-5-14-26(22-12-10-18-8-6-7-9-20(18)22)16-24(27)25-17(2)21-15-19(28-3)11-13-23(21)29-4/h1,6-9,11,13,15,17,22H,10,12,14,16H2,2-4H3,(H,25,27). The maximum absolute atomic E-state index is 12.8. The van der Waals surface area contributed by atoms with E-state index in [0.29, 0.717) is 12.3 Å². The molecule has 2 aromatic carbocycles. The van der Waals surface area contributed by atoms with Crippen LogP contribution in [0.5, 0.6) is 11.5 Å². The van der Waals surface area contributed by atoms with E-state index < -0.39 is 0 Å². The predicted molar refractivity (Wildman–Crippen MR) is 114 cm³/mol. The molecule has 0 saturated heterocycles. The van der Waals surface area contributed by atoms with Crippen LogP contribution in [0.3, 0.4) is 0 Å². The van der Waals surface area contributed by atoms with Crippen molar-refractivity contribution in [3.8, 4) is 23.8 Å². The first-order chi connectivity index (χ1) is 14.1. The van der Waals surface area contributed by atoms with E-state index in [9.17, 15) is 4.79 Å². The Hall–Kier alpha value is -2.97. The summed E-state index contributed by atoms with van der Waals surface area (Å²) in [6.45, 7) is 2.62. The number of hydrogen-bond acceptors (Lipinski definition) is 4. The Balaban J connectivity index is 1.71. The second-order valence-corrected chi connectivity index (χ2v) is 7.26. The number of ether oxygens (including phenoxy) is 2. The molecular weight excluding hydrogens is 364 g/mol. The zero-order valence-electron chi connectivity index (χ0n) is 17.3. The summed E-state index contributed by atoms with van der Waals surface area (Å²) >= 11 is 0. The first-order valence-electron chi connectivity index (χ1n) is 9.84. The van der Waals surface area contributed by atoms with Gasteiger partial charge in [0.25, 0.3) is 0 Å². The number of amides is 1. The number of fused-ring (bicyclic) bond motifs is 1. The van der Waals surface area contributed by atoms with E-state index in [1.165, 1.54) is 11.1 Å². The fraction of sp³-hybridized carbons (Fsp3) is 0.375. The zero-order chi connectivity index (χ0) is 20.8. The van der Waals surface area contributed by atoms with Gasteiger partial charge in [0.15, 0.2) is 0 Å². The van der Waals surface area contributed by atoms with Crippen LogP contribution < -0.4 is 14.8 Å². The summed E-state index contributed by atoms with van der Waals surface area (Å²) in [5.41, 5.74) is 3.49. The van der Waals surface area contributed by atoms with Crippen molar-refractivity contribution in [3.05, 3.63) is 59.2 Å². The van der Waals surface area contributed by atoms with E-state index in [1.54, 1.807) is 14.2 Å². The summed E-state index contributed by atoms with van der Waals surface area (Å²) in [7, 11) is 3.23. The van der Waals surface area contributed by atoms with Crippen molar-refractivity contribution in [1.29, 1.82) is 0 Å². The van der Waals surface area contributed by atoms with Crippen molar-refractivity contribution in [1.82, 2.24) is 10.2 Å². The predicted octanol–water partition coefficient (Wildman–Crippen LogP) is 3.50. The highest BCUT2D eigenvalue weighted by atomic mass is 16.5. The molecule has 1 aliphatic rings. The molecule has 1 N–H and O–H groups in total. The molecule has 0 heterocycles. The van der Waals surface area contributed by atoms with Gasteiger partial charge in [0, 0.05) is 11.6 Å². The van der Waals surface area contributed by atoms with Crippen molar-refractivity contribution in [2.45, 2.75) is 31.8 Å². The van der Waals surface area contributed by atoms with Gasteiger partial charge in [0.2, 0.25) is 5.91 Å². The highest BCUT2D eigenvalue weighted by Gasteiger charge is 2.29. The number of methoxy groups -OCH3 is 2. The number of hydrogen-bond donors (Lipinski definition) is 1. The minimum absolute atomic E-state index is 0.0676. The normalized spacial score (nSPS) is 16.0. The average molecular weight is 392 g/mol. The Morgan fingerprint density at radius 1 is 1.28 bits per heavy atom. The quantitative estimate of drug-likeness (QED) is 0.699. The van der Waals surface area contributed by atoms with Gasteiger partial charge in [-0.05, 0) is 49.1 Å². The molecule has 0 aromatic heterocycles. The SMILES string of the molecule is C#CCN(CC(=O)NC(C)c1cc(OC)ccc1OC)C1CCc2ccccc21. The van der Waals surface area contributed by atoms with Crippen molar-refractivity contribution in [2.24, 2.45) is 0 Å². The van der Waals surface area contributed by atoms with Crippen LogP contribution >= 0.6 is 0 Å². The first-order valence-corrected chi connectivity index (χ1v) is 9.84. The lowest BCUT2D eigenvalue weighted by Crippen LogP contribution is -2.40. The highest BCUT2D eigenvalue weighted by molar-refractivity contribution is 5.78. The number of aryl methyl sites for hydroxylation is 1. The molecule has 5 heteroatoms. The molecule has 0 spiro atoms. The second kappa shape index (κ2) is 9.49. The second-order valence-electron chi connectivity index (χ2n) is 7.26. The molecule has 2 atom stereocenters. The van der Waals surface area contributed by atoms with Crippen LogP contribution in [0.25, 0.3) is 0 Å². The molecule has 2 unspecified atom stereocenters. The molecule has 1 aliphatic carbocycles. The molecule has 0 radical (unpaired) electrons. The molecule has 0 bridgehead atoms. The summed E-state index contributed by atoms with van der Waals surface area (Å²) in [5, 5.41) is 3.07. The highest BCUT2D eigenvalue weighted by Crippen LogP contribution is 2.35. The summed E-state index contributed by atoms with van der Waals surface area (Å²) in [6.07, 6.45) is 7.60. The fourth-order valence-electron chi connectivity index (χ4n) is 4.03. The minimum atomic E-state index is -0.226. The van der Waals surface area contributed by atoms with Gasteiger partial charge in [-0.25, -0.2) is 0 Å². The minimum Gasteiger partial charge on any atom is -0.497 e. The fourth-order valence-corrected chi connectivity index (χ4v) is 4.03. The Morgan fingerprint density at radius 3 is 2.79 bits per heavy atom. The topological polar surface area (TPSA) is 50.8 Å². The smallest absolute Gasteiger partial charge is 0.234 e. The zero-order valence-corrected chi connectivity index (χ0v) is 17.3. The van der Waals surface area contributed by atoms with Gasteiger partial charge < -0.3 is 14.8 Å². The van der Waals surface area contributed by atoms with Crippen LogP contribution in [0.4, 0.5) is 0 Å². The van der Waals surface area contributed by atoms with Crippen molar-refractivity contribution < 1.29 is 14.3 Å². The van der Waals surface area contributed by atoms with E-state index in [-0.39, 0.29) is 24.5 Å². The van der Waals surface area contributed by atoms with Crippen molar-refractivity contribution in [3.63, 3.8) is 0 Å². The molecule has 0 saturated carbocycles. The van der Waals surface area contributed by atoms with Gasteiger partial charge in [-0.2, -0.15) is 0 Å². The lowest BCUT2D eigenvalue weighted by molar-refractivity contribution is -0.123. The van der Waals surface area contributed by atoms with E-state index >= 15 is 0 Å². The van der Waals surface area contributed by atoms with Crippen LogP contribution in [-0.2, 0) is 11.2 Å². The number of nitrogens with zero attached hydrogens (tertiary/aromatic N) is 1. The van der Waals surface area contributed by atoms with Crippen molar-refractivity contribution in [2.75, 3.05) is 27.3 Å². The Bertz CT molecular complexity index is 903. The molecule has 152 valence electrons. The third-order valence-electron chi connectivity index (χ3n) is 5.46. The molecule has 5 nitrogen and oxygen atoms in total. The Labute approximate surface area is 173 Å². The maximum Gasteiger partial charge on any atom is 0.234 e. The van der Waals surface area contributed by atoms with Crippen LogP contribution in [0.1, 0.15) is 42.1 Å². The number of benzene rings is 2. The molecule has 0 aliphatic heterocycles. The van der Waals surface area contributed by atoms with Gasteiger partial charge in [0.1, 0.15) is 11.5 Å². The molecular formula is C24H28N2O3.